The van der Waals surface area contributed by atoms with E-state index in [2.05, 4.69) is 16.9 Å². The lowest BCUT2D eigenvalue weighted by Crippen LogP contribution is -2.00. The molecule has 0 amide bonds. The molecule has 14 heavy (non-hydrogen) atoms. The smallest absolute Gasteiger partial charge is 0.158 e. The maximum atomic E-state index is 9.48. The molecule has 0 fully saturated rings. The van der Waals surface area contributed by atoms with Crippen molar-refractivity contribution in [1.29, 1.82) is 0 Å². The van der Waals surface area contributed by atoms with Gasteiger partial charge in [0.25, 0.3) is 0 Å². The zero-order chi connectivity index (χ0) is 10.6. The van der Waals surface area contributed by atoms with Gasteiger partial charge in [-0.3, -0.25) is 0 Å². The number of aromatic hydroxyl groups is 1. The van der Waals surface area contributed by atoms with Gasteiger partial charge in [0, 0.05) is 6.42 Å². The number of nitrogens with zero attached hydrogens (tertiary/aromatic N) is 2. The fourth-order valence-electron chi connectivity index (χ4n) is 1.42. The minimum atomic E-state index is 0.226. The summed E-state index contributed by atoms with van der Waals surface area (Å²) in [7, 11) is 0. The van der Waals surface area contributed by atoms with Crippen LogP contribution in [0.2, 0.25) is 0 Å². The summed E-state index contributed by atoms with van der Waals surface area (Å²) in [6, 6.07) is 0. The van der Waals surface area contributed by atoms with E-state index in [0.717, 1.165) is 18.7 Å². The molecular weight excluding hydrogens is 176 g/mol. The van der Waals surface area contributed by atoms with Crippen LogP contribution in [0.15, 0.2) is 0 Å². The molecule has 3 nitrogen and oxygen atoms in total. The molecule has 0 aliphatic rings. The van der Waals surface area contributed by atoms with Crippen molar-refractivity contribution in [2.75, 3.05) is 0 Å². The Bertz CT molecular complexity index is 287. The molecule has 1 aromatic heterocycles. The molecule has 0 aromatic carbocycles. The van der Waals surface area contributed by atoms with Crippen LogP contribution in [-0.2, 0) is 6.42 Å². The predicted octanol–water partition coefficient (Wildman–Crippen LogP) is 2.53. The largest absolute Gasteiger partial charge is 0.504 e. The third-order valence-electron chi connectivity index (χ3n) is 2.28. The van der Waals surface area contributed by atoms with Gasteiger partial charge in [-0.05, 0) is 20.3 Å². The first-order valence-electron chi connectivity index (χ1n) is 5.18. The highest BCUT2D eigenvalue weighted by Gasteiger charge is 2.05. The SMILES string of the molecule is CCCCCc1nc(C)c(O)c(C)n1. The van der Waals surface area contributed by atoms with Gasteiger partial charge in [-0.25, -0.2) is 9.97 Å². The predicted molar refractivity (Wildman–Crippen MR) is 56.4 cm³/mol. The van der Waals surface area contributed by atoms with E-state index in [1.54, 1.807) is 0 Å². The molecule has 0 saturated carbocycles. The van der Waals surface area contributed by atoms with Crippen LogP contribution in [0.4, 0.5) is 0 Å². The van der Waals surface area contributed by atoms with E-state index in [1.807, 2.05) is 13.8 Å². The number of aromatic nitrogens is 2. The van der Waals surface area contributed by atoms with Crippen molar-refractivity contribution in [3.63, 3.8) is 0 Å². The van der Waals surface area contributed by atoms with Crippen molar-refractivity contribution in [3.05, 3.63) is 17.2 Å². The second-order valence-electron chi connectivity index (χ2n) is 3.62. The molecule has 0 atom stereocenters. The Hall–Kier alpha value is -1.12. The summed E-state index contributed by atoms with van der Waals surface area (Å²) in [6.45, 7) is 5.80. The van der Waals surface area contributed by atoms with E-state index in [1.165, 1.54) is 12.8 Å². The van der Waals surface area contributed by atoms with E-state index in [4.69, 9.17) is 0 Å². The lowest BCUT2D eigenvalue weighted by molar-refractivity contribution is 0.457. The molecule has 78 valence electrons. The molecule has 1 rings (SSSR count). The molecular formula is C11H18N2O. The molecule has 0 spiro atoms. The molecule has 1 aromatic rings. The van der Waals surface area contributed by atoms with Crippen LogP contribution < -0.4 is 0 Å². The average Bonchev–Trinajstić information content (AvgIpc) is 2.14. The van der Waals surface area contributed by atoms with Crippen LogP contribution in [0, 0.1) is 13.8 Å². The topological polar surface area (TPSA) is 46.0 Å². The van der Waals surface area contributed by atoms with Gasteiger partial charge in [-0.15, -0.1) is 0 Å². The monoisotopic (exact) mass is 194 g/mol. The van der Waals surface area contributed by atoms with E-state index < -0.39 is 0 Å². The molecule has 0 radical (unpaired) electrons. The van der Waals surface area contributed by atoms with Crippen LogP contribution in [-0.4, -0.2) is 15.1 Å². The molecule has 0 bridgehead atoms. The minimum absolute atomic E-state index is 0.226. The summed E-state index contributed by atoms with van der Waals surface area (Å²) < 4.78 is 0. The van der Waals surface area contributed by atoms with E-state index in [9.17, 15) is 5.11 Å². The van der Waals surface area contributed by atoms with Crippen LogP contribution >= 0.6 is 0 Å². The van der Waals surface area contributed by atoms with Crippen molar-refractivity contribution < 1.29 is 5.11 Å². The first kappa shape index (κ1) is 11.0. The Balaban J connectivity index is 2.69. The number of unbranched alkanes of at least 4 members (excludes halogenated alkanes) is 2. The second-order valence-corrected chi connectivity index (χ2v) is 3.62. The molecule has 3 heteroatoms. The quantitative estimate of drug-likeness (QED) is 0.749. The van der Waals surface area contributed by atoms with Gasteiger partial charge in [-0.2, -0.15) is 0 Å². The first-order valence-corrected chi connectivity index (χ1v) is 5.18. The van der Waals surface area contributed by atoms with Crippen molar-refractivity contribution in [2.24, 2.45) is 0 Å². The maximum absolute atomic E-state index is 9.48. The Morgan fingerprint density at radius 3 is 2.14 bits per heavy atom. The van der Waals surface area contributed by atoms with Crippen molar-refractivity contribution >= 4 is 0 Å². The van der Waals surface area contributed by atoms with Crippen molar-refractivity contribution in [2.45, 2.75) is 46.5 Å². The van der Waals surface area contributed by atoms with Gasteiger partial charge in [0.15, 0.2) is 5.75 Å². The van der Waals surface area contributed by atoms with E-state index in [0.29, 0.717) is 11.4 Å². The Morgan fingerprint density at radius 1 is 1.07 bits per heavy atom. The van der Waals surface area contributed by atoms with Crippen LogP contribution in [0.25, 0.3) is 0 Å². The first-order chi connectivity index (χ1) is 6.65. The number of hydrogen-bond donors (Lipinski definition) is 1. The van der Waals surface area contributed by atoms with E-state index in [-0.39, 0.29) is 5.75 Å². The Morgan fingerprint density at radius 2 is 1.64 bits per heavy atom. The van der Waals surface area contributed by atoms with E-state index >= 15 is 0 Å². The summed E-state index contributed by atoms with van der Waals surface area (Å²) in [5.41, 5.74) is 1.37. The average molecular weight is 194 g/mol. The van der Waals surface area contributed by atoms with Gasteiger partial charge in [-0.1, -0.05) is 19.8 Å². The fourth-order valence-corrected chi connectivity index (χ4v) is 1.42. The minimum Gasteiger partial charge on any atom is -0.504 e. The van der Waals surface area contributed by atoms with Gasteiger partial charge in [0.05, 0.1) is 11.4 Å². The number of aryl methyl sites for hydroxylation is 3. The molecule has 0 aliphatic heterocycles. The molecule has 1 heterocycles. The van der Waals surface area contributed by atoms with Crippen LogP contribution in [0.1, 0.15) is 43.4 Å². The zero-order valence-electron chi connectivity index (χ0n) is 9.17. The van der Waals surface area contributed by atoms with Crippen LogP contribution in [0.5, 0.6) is 5.75 Å². The fraction of sp³-hybridized carbons (Fsp3) is 0.636. The number of rotatable bonds is 4. The van der Waals surface area contributed by atoms with Gasteiger partial charge < -0.3 is 5.11 Å². The van der Waals surface area contributed by atoms with Crippen molar-refractivity contribution in [3.8, 4) is 5.75 Å². The second kappa shape index (κ2) is 4.94. The molecule has 0 unspecified atom stereocenters. The molecule has 0 saturated heterocycles. The van der Waals surface area contributed by atoms with Gasteiger partial charge in [0.1, 0.15) is 5.82 Å². The number of hydrogen-bond acceptors (Lipinski definition) is 3. The summed E-state index contributed by atoms with van der Waals surface area (Å²) in [5, 5.41) is 9.48. The molecule has 1 N–H and O–H groups in total. The lowest BCUT2D eigenvalue weighted by atomic mass is 10.2. The van der Waals surface area contributed by atoms with Gasteiger partial charge in [0.2, 0.25) is 0 Å². The van der Waals surface area contributed by atoms with Crippen molar-refractivity contribution in [1.82, 2.24) is 9.97 Å². The zero-order valence-corrected chi connectivity index (χ0v) is 9.17. The normalized spacial score (nSPS) is 10.5. The highest BCUT2D eigenvalue weighted by atomic mass is 16.3. The Labute approximate surface area is 85.2 Å². The lowest BCUT2D eigenvalue weighted by Gasteiger charge is -2.05. The Kier molecular flexibility index (Phi) is 3.86. The highest BCUT2D eigenvalue weighted by Crippen LogP contribution is 2.17. The maximum Gasteiger partial charge on any atom is 0.158 e. The molecule has 0 aliphatic carbocycles. The highest BCUT2D eigenvalue weighted by molar-refractivity contribution is 5.29. The standard InChI is InChI=1S/C11H18N2O/c1-4-5-6-7-10-12-8(2)11(14)9(3)13-10/h14H,4-7H2,1-3H3. The summed E-state index contributed by atoms with van der Waals surface area (Å²) in [6.07, 6.45) is 4.45. The third kappa shape index (κ3) is 2.69. The summed E-state index contributed by atoms with van der Waals surface area (Å²) in [5.74, 6) is 1.08. The third-order valence-corrected chi connectivity index (χ3v) is 2.28. The van der Waals surface area contributed by atoms with Crippen LogP contribution in [0.3, 0.4) is 0 Å². The summed E-state index contributed by atoms with van der Waals surface area (Å²) in [4.78, 5) is 8.49. The summed E-state index contributed by atoms with van der Waals surface area (Å²) >= 11 is 0. The van der Waals surface area contributed by atoms with Gasteiger partial charge >= 0.3 is 0 Å².